The number of fused-ring (bicyclic) bond motifs is 2. The zero-order chi connectivity index (χ0) is 22.3. The van der Waals surface area contributed by atoms with Gasteiger partial charge in [-0.15, -0.1) is 0 Å². The molecule has 2 aromatic rings. The molecular weight excluding hydrogens is 429 g/mol. The Morgan fingerprint density at radius 3 is 2.68 bits per heavy atom. The Balaban J connectivity index is 1.94. The molecule has 1 spiro atoms. The molecule has 6 nitrogen and oxygen atoms in total. The first-order chi connectivity index (χ1) is 14.8. The second-order valence-corrected chi connectivity index (χ2v) is 8.76. The van der Waals surface area contributed by atoms with Gasteiger partial charge in [-0.3, -0.25) is 0 Å². The number of hydrogen-bond acceptors (Lipinski definition) is 5. The largest absolute Gasteiger partial charge is 0.493 e. The molecule has 31 heavy (non-hydrogen) atoms. The molecule has 2 aliphatic rings. The molecule has 0 aromatic heterocycles. The molecular formula is C21H21F3N4O2S. The standard InChI is InChI=1S/C21H21F3N4O2S/c1-27(2)20(29)28-21(31-19(26-28)15-9-13(22)3-5-17(15)24)12(7-8-25)11-30-18-6-4-14(23)10-16(18)21/h3-6,9-10,12H,7-8,11,25H2,1-2H3. The van der Waals surface area contributed by atoms with E-state index >= 15 is 0 Å². The van der Waals surface area contributed by atoms with Crippen molar-refractivity contribution in [2.24, 2.45) is 16.8 Å². The number of nitrogens with zero attached hydrogens (tertiary/aromatic N) is 3. The van der Waals surface area contributed by atoms with Gasteiger partial charge in [-0.25, -0.2) is 18.0 Å². The van der Waals surface area contributed by atoms with Crippen LogP contribution in [0.25, 0.3) is 0 Å². The summed E-state index contributed by atoms with van der Waals surface area (Å²) in [6.07, 6.45) is 0.439. The molecule has 2 unspecified atom stereocenters. The zero-order valence-corrected chi connectivity index (χ0v) is 17.8. The number of carbonyl (C=O) groups is 1. The van der Waals surface area contributed by atoms with Crippen molar-refractivity contribution < 1.29 is 22.7 Å². The van der Waals surface area contributed by atoms with Gasteiger partial charge < -0.3 is 15.4 Å². The Kier molecular flexibility index (Phi) is 5.61. The lowest BCUT2D eigenvalue weighted by Crippen LogP contribution is -2.53. The van der Waals surface area contributed by atoms with Crippen LogP contribution < -0.4 is 10.5 Å². The van der Waals surface area contributed by atoms with Gasteiger partial charge in [0.05, 0.1) is 6.61 Å². The summed E-state index contributed by atoms with van der Waals surface area (Å²) in [7, 11) is 3.11. The molecule has 0 aliphatic carbocycles. The van der Waals surface area contributed by atoms with Crippen molar-refractivity contribution in [2.45, 2.75) is 11.3 Å². The molecule has 2 N–H and O–H groups in total. The van der Waals surface area contributed by atoms with Crippen LogP contribution in [0.15, 0.2) is 41.5 Å². The molecule has 0 saturated carbocycles. The minimum absolute atomic E-state index is 0.0747. The van der Waals surface area contributed by atoms with Crippen LogP contribution in [0.5, 0.6) is 5.75 Å². The van der Waals surface area contributed by atoms with Crippen LogP contribution in [0, 0.1) is 23.4 Å². The third kappa shape index (κ3) is 3.53. The van der Waals surface area contributed by atoms with Gasteiger partial charge in [0.25, 0.3) is 0 Å². The third-order valence-electron chi connectivity index (χ3n) is 5.32. The van der Waals surface area contributed by atoms with E-state index in [1.54, 1.807) is 14.1 Å². The lowest BCUT2D eigenvalue weighted by atomic mass is 9.86. The number of hydrazone groups is 1. The number of ether oxygens (including phenoxy) is 1. The molecule has 164 valence electrons. The molecule has 10 heteroatoms. The van der Waals surface area contributed by atoms with Crippen LogP contribution >= 0.6 is 11.8 Å². The number of thioether (sulfide) groups is 1. The van der Waals surface area contributed by atoms with Crippen molar-refractivity contribution in [2.75, 3.05) is 27.2 Å². The predicted molar refractivity (Wildman–Crippen MR) is 112 cm³/mol. The lowest BCUT2D eigenvalue weighted by molar-refractivity contribution is 0.0673. The molecule has 0 radical (unpaired) electrons. The van der Waals surface area contributed by atoms with E-state index in [1.807, 2.05) is 0 Å². The second kappa shape index (κ2) is 8.08. The maximum Gasteiger partial charge on any atom is 0.341 e. The van der Waals surface area contributed by atoms with Crippen LogP contribution in [0.1, 0.15) is 17.5 Å². The Hall–Kier alpha value is -2.72. The molecule has 4 rings (SSSR count). The average Bonchev–Trinajstić information content (AvgIpc) is 3.12. The van der Waals surface area contributed by atoms with Gasteiger partial charge in [0.2, 0.25) is 0 Å². The van der Waals surface area contributed by atoms with Crippen LogP contribution in [0.4, 0.5) is 18.0 Å². The number of urea groups is 1. The second-order valence-electron chi connectivity index (χ2n) is 7.54. The Labute approximate surface area is 181 Å². The first-order valence-corrected chi connectivity index (χ1v) is 10.5. The van der Waals surface area contributed by atoms with Crippen LogP contribution in [-0.4, -0.2) is 48.2 Å². The summed E-state index contributed by atoms with van der Waals surface area (Å²) in [5.74, 6) is -1.81. The van der Waals surface area contributed by atoms with E-state index < -0.39 is 28.4 Å². The highest BCUT2D eigenvalue weighted by molar-refractivity contribution is 8.15. The zero-order valence-electron chi connectivity index (χ0n) is 16.9. The molecule has 2 aromatic carbocycles. The highest BCUT2D eigenvalue weighted by Crippen LogP contribution is 2.57. The summed E-state index contributed by atoms with van der Waals surface area (Å²) >= 11 is 1.08. The third-order valence-corrected chi connectivity index (χ3v) is 6.85. The maximum absolute atomic E-state index is 14.6. The number of halogens is 3. The summed E-state index contributed by atoms with van der Waals surface area (Å²) in [5, 5.41) is 5.75. The van der Waals surface area contributed by atoms with E-state index in [4.69, 9.17) is 10.5 Å². The molecule has 2 amide bonds. The van der Waals surface area contributed by atoms with E-state index in [0.717, 1.165) is 30.0 Å². The van der Waals surface area contributed by atoms with Gasteiger partial charge in [-0.1, -0.05) is 11.8 Å². The summed E-state index contributed by atoms with van der Waals surface area (Å²) in [6.45, 7) is 0.489. The first-order valence-electron chi connectivity index (χ1n) is 9.65. The Bertz CT molecular complexity index is 1060. The van der Waals surface area contributed by atoms with Crippen molar-refractivity contribution in [3.05, 3.63) is 65.0 Å². The number of amides is 2. The van der Waals surface area contributed by atoms with E-state index in [-0.39, 0.29) is 29.7 Å². The topological polar surface area (TPSA) is 71.2 Å². The number of nitrogens with two attached hydrogens (primary N) is 1. The van der Waals surface area contributed by atoms with Crippen LogP contribution in [-0.2, 0) is 4.87 Å². The molecule has 2 heterocycles. The number of rotatable bonds is 3. The van der Waals surface area contributed by atoms with E-state index in [9.17, 15) is 18.0 Å². The molecule has 0 fully saturated rings. The van der Waals surface area contributed by atoms with Crippen molar-refractivity contribution in [1.29, 1.82) is 0 Å². The Morgan fingerprint density at radius 1 is 1.26 bits per heavy atom. The number of carbonyl (C=O) groups excluding carboxylic acids is 1. The van der Waals surface area contributed by atoms with Gasteiger partial charge in [0, 0.05) is 31.1 Å². The van der Waals surface area contributed by atoms with Crippen LogP contribution in [0.3, 0.4) is 0 Å². The summed E-state index contributed by atoms with van der Waals surface area (Å²) in [4.78, 5) is 13.3. The van der Waals surface area contributed by atoms with E-state index in [2.05, 4.69) is 5.10 Å². The number of benzene rings is 2. The minimum atomic E-state index is -1.23. The molecule has 0 saturated heterocycles. The van der Waals surface area contributed by atoms with Gasteiger partial charge in [-0.05, 0) is 49.4 Å². The fourth-order valence-electron chi connectivity index (χ4n) is 3.86. The van der Waals surface area contributed by atoms with Gasteiger partial charge in [0.1, 0.15) is 28.2 Å². The SMILES string of the molecule is CN(C)C(=O)N1N=C(c2cc(F)ccc2F)SC12c1cc(F)ccc1OCC2CCN. The fraction of sp³-hybridized carbons (Fsp3) is 0.333. The highest BCUT2D eigenvalue weighted by Gasteiger charge is 2.57. The first kappa shape index (κ1) is 21.5. The normalized spacial score (nSPS) is 22.2. The summed E-state index contributed by atoms with van der Waals surface area (Å²) < 4.78 is 48.6. The average molecular weight is 450 g/mol. The van der Waals surface area contributed by atoms with Crippen molar-refractivity contribution >= 4 is 22.8 Å². The van der Waals surface area contributed by atoms with E-state index in [0.29, 0.717) is 17.7 Å². The van der Waals surface area contributed by atoms with Gasteiger partial charge in [-0.2, -0.15) is 10.1 Å². The number of hydrogen-bond donors (Lipinski definition) is 1. The summed E-state index contributed by atoms with van der Waals surface area (Å²) in [5.41, 5.74) is 6.15. The minimum Gasteiger partial charge on any atom is -0.493 e. The quantitative estimate of drug-likeness (QED) is 0.774. The van der Waals surface area contributed by atoms with Gasteiger partial charge in [0.15, 0.2) is 4.87 Å². The van der Waals surface area contributed by atoms with Crippen molar-refractivity contribution in [3.63, 3.8) is 0 Å². The van der Waals surface area contributed by atoms with Crippen molar-refractivity contribution in [3.8, 4) is 5.75 Å². The van der Waals surface area contributed by atoms with Crippen LogP contribution in [0.2, 0.25) is 0 Å². The molecule has 2 aliphatic heterocycles. The predicted octanol–water partition coefficient (Wildman–Crippen LogP) is 3.71. The van der Waals surface area contributed by atoms with Crippen molar-refractivity contribution in [1.82, 2.24) is 9.91 Å². The smallest absolute Gasteiger partial charge is 0.341 e. The highest BCUT2D eigenvalue weighted by atomic mass is 32.2. The molecule has 0 bridgehead atoms. The Morgan fingerprint density at radius 2 is 1.97 bits per heavy atom. The summed E-state index contributed by atoms with van der Waals surface area (Å²) in [6, 6.07) is 6.61. The van der Waals surface area contributed by atoms with E-state index in [1.165, 1.54) is 28.1 Å². The van der Waals surface area contributed by atoms with Gasteiger partial charge >= 0.3 is 6.03 Å². The monoisotopic (exact) mass is 450 g/mol. The molecule has 2 atom stereocenters. The fourth-order valence-corrected chi connectivity index (χ4v) is 5.37. The maximum atomic E-state index is 14.6. The lowest BCUT2D eigenvalue weighted by Gasteiger charge is -2.45.